The Kier molecular flexibility index (Phi) is 4.44. The Labute approximate surface area is 77.7 Å². The van der Waals surface area contributed by atoms with Gasteiger partial charge in [0.2, 0.25) is 0 Å². The fourth-order valence-electron chi connectivity index (χ4n) is 0.666. The zero-order chi connectivity index (χ0) is 11.5. The van der Waals surface area contributed by atoms with E-state index in [1.165, 1.54) is 0 Å². The first-order valence-corrected chi connectivity index (χ1v) is 3.47. The highest BCUT2D eigenvalue weighted by Gasteiger charge is 2.37. The van der Waals surface area contributed by atoms with Gasteiger partial charge in [0.25, 0.3) is 0 Å². The Morgan fingerprint density at radius 2 is 0.929 bits per heavy atom. The lowest BCUT2D eigenvalue weighted by atomic mass is 10.0. The van der Waals surface area contributed by atoms with Crippen LogP contribution < -0.4 is 0 Å². The number of carbonyl (C=O) groups is 2. The molecule has 0 fully saturated rings. The van der Waals surface area contributed by atoms with Crippen molar-refractivity contribution in [3.8, 4) is 0 Å². The van der Waals surface area contributed by atoms with Crippen LogP contribution in [-0.2, 0) is 9.59 Å². The summed E-state index contributed by atoms with van der Waals surface area (Å²) in [6.45, 7) is 0. The van der Waals surface area contributed by atoms with Gasteiger partial charge in [0.1, 0.15) is 12.2 Å². The minimum atomic E-state index is -2.36. The first-order chi connectivity index (χ1) is 6.29. The molecule has 82 valence electrons. The van der Waals surface area contributed by atoms with Crippen molar-refractivity contribution in [1.29, 1.82) is 0 Å². The molecule has 2 unspecified atom stereocenters. The van der Waals surface area contributed by atoms with E-state index >= 15 is 0 Å². The van der Waals surface area contributed by atoms with Crippen molar-refractivity contribution in [2.75, 3.05) is 0 Å². The van der Waals surface area contributed by atoms with Crippen LogP contribution in [0.1, 0.15) is 0 Å². The van der Waals surface area contributed by atoms with Crippen molar-refractivity contribution >= 4 is 11.9 Å². The normalized spacial score (nSPS) is 19.4. The van der Waals surface area contributed by atoms with E-state index < -0.39 is 36.4 Å². The van der Waals surface area contributed by atoms with Crippen LogP contribution in [0.4, 0.5) is 0 Å². The second-order valence-electron chi connectivity index (χ2n) is 2.55. The molecule has 14 heavy (non-hydrogen) atoms. The maximum atomic E-state index is 10.1. The Hall–Kier alpha value is -1.22. The molecule has 8 heteroatoms. The molecule has 0 aliphatic heterocycles. The van der Waals surface area contributed by atoms with Gasteiger partial charge in [0, 0.05) is 0 Å². The summed E-state index contributed by atoms with van der Waals surface area (Å²) in [6, 6.07) is 0. The molecule has 0 radical (unpaired) electrons. The van der Waals surface area contributed by atoms with Gasteiger partial charge >= 0.3 is 11.9 Å². The summed E-state index contributed by atoms with van der Waals surface area (Å²) in [4.78, 5) is 20.2. The summed E-state index contributed by atoms with van der Waals surface area (Å²) in [6.07, 6.45) is -9.28. The van der Waals surface area contributed by atoms with Crippen LogP contribution in [-0.4, -0.2) is 67.0 Å². The van der Waals surface area contributed by atoms with Crippen LogP contribution in [0.3, 0.4) is 0 Å². The molecular formula is C6H10O8. The lowest BCUT2D eigenvalue weighted by Gasteiger charge is -2.21. The Morgan fingerprint density at radius 1 is 0.714 bits per heavy atom. The second kappa shape index (κ2) is 4.86. The molecule has 0 saturated heterocycles. The number of aliphatic hydroxyl groups excluding tert-OH is 4. The molecule has 6 N–H and O–H groups in total. The molecule has 4 atom stereocenters. The fourth-order valence-corrected chi connectivity index (χ4v) is 0.666. The van der Waals surface area contributed by atoms with Crippen LogP contribution >= 0.6 is 0 Å². The van der Waals surface area contributed by atoms with Gasteiger partial charge in [0.15, 0.2) is 12.2 Å². The largest absolute Gasteiger partial charge is 0.479 e. The molecule has 0 saturated carbocycles. The maximum absolute atomic E-state index is 10.1. The highest BCUT2D eigenvalue weighted by molar-refractivity contribution is 5.75. The fraction of sp³-hybridized carbons (Fsp3) is 0.667. The molecule has 0 aliphatic carbocycles. The van der Waals surface area contributed by atoms with Crippen LogP contribution in [0, 0.1) is 0 Å². The monoisotopic (exact) mass is 210 g/mol. The van der Waals surface area contributed by atoms with E-state index in [0.29, 0.717) is 0 Å². The van der Waals surface area contributed by atoms with Crippen molar-refractivity contribution in [2.45, 2.75) is 24.4 Å². The zero-order valence-corrected chi connectivity index (χ0v) is 6.81. The number of hydrogen-bond donors (Lipinski definition) is 6. The quantitative estimate of drug-likeness (QED) is 0.274. The van der Waals surface area contributed by atoms with Gasteiger partial charge in [-0.1, -0.05) is 0 Å². The minimum Gasteiger partial charge on any atom is -0.479 e. The average Bonchev–Trinajstić information content (AvgIpc) is 2.12. The molecule has 8 nitrogen and oxygen atoms in total. The predicted molar refractivity (Wildman–Crippen MR) is 39.3 cm³/mol. The van der Waals surface area contributed by atoms with Crippen molar-refractivity contribution in [2.24, 2.45) is 0 Å². The molecule has 0 rings (SSSR count). The zero-order valence-electron chi connectivity index (χ0n) is 6.81. The summed E-state index contributed by atoms with van der Waals surface area (Å²) in [5, 5.41) is 51.5. The number of carboxylic acid groups (broad SMARTS) is 2. The van der Waals surface area contributed by atoms with Crippen molar-refractivity contribution in [3.05, 3.63) is 0 Å². The SMILES string of the molecule is O=C(O)C(O)C(O)[C@@H](O)[C@H](O)C(=O)O. The summed E-state index contributed by atoms with van der Waals surface area (Å²) in [5.41, 5.74) is 0. The second-order valence-corrected chi connectivity index (χ2v) is 2.55. The third-order valence-electron chi connectivity index (χ3n) is 1.50. The van der Waals surface area contributed by atoms with Gasteiger partial charge in [-0.3, -0.25) is 0 Å². The van der Waals surface area contributed by atoms with Crippen molar-refractivity contribution in [1.82, 2.24) is 0 Å². The van der Waals surface area contributed by atoms with Crippen molar-refractivity contribution in [3.63, 3.8) is 0 Å². The molecule has 0 spiro atoms. The van der Waals surface area contributed by atoms with Gasteiger partial charge in [-0.2, -0.15) is 0 Å². The first kappa shape index (κ1) is 12.8. The minimum absolute atomic E-state index is 1.84. The number of aliphatic hydroxyl groups is 4. The topological polar surface area (TPSA) is 156 Å². The standard InChI is InChI=1S/C6H10O8/c7-1(3(9)5(11)12)2(8)4(10)6(13)14/h1-4,7-10H,(H,11,12)(H,13,14)/t1-,2?,3+,4?/m1/s1. The lowest BCUT2D eigenvalue weighted by molar-refractivity contribution is -0.172. The van der Waals surface area contributed by atoms with E-state index in [2.05, 4.69) is 0 Å². The lowest BCUT2D eigenvalue weighted by Crippen LogP contribution is -2.49. The maximum Gasteiger partial charge on any atom is 0.335 e. The van der Waals surface area contributed by atoms with Crippen LogP contribution in [0.5, 0.6) is 0 Å². The summed E-state index contributed by atoms with van der Waals surface area (Å²) >= 11 is 0. The van der Waals surface area contributed by atoms with Crippen LogP contribution in [0.15, 0.2) is 0 Å². The first-order valence-electron chi connectivity index (χ1n) is 3.47. The molecule has 0 amide bonds. The van der Waals surface area contributed by atoms with E-state index in [-0.39, 0.29) is 0 Å². The van der Waals surface area contributed by atoms with Gasteiger partial charge in [-0.05, 0) is 0 Å². The molecule has 0 aromatic carbocycles. The van der Waals surface area contributed by atoms with Crippen molar-refractivity contribution < 1.29 is 40.2 Å². The van der Waals surface area contributed by atoms with E-state index in [9.17, 15) is 9.59 Å². The Morgan fingerprint density at radius 3 is 1.07 bits per heavy atom. The summed E-state index contributed by atoms with van der Waals surface area (Å²) in [7, 11) is 0. The number of rotatable bonds is 5. The molecule has 0 bridgehead atoms. The van der Waals surface area contributed by atoms with Gasteiger partial charge in [0.05, 0.1) is 0 Å². The van der Waals surface area contributed by atoms with Gasteiger partial charge < -0.3 is 30.6 Å². The molecule has 0 heterocycles. The Balaban J connectivity index is 4.45. The van der Waals surface area contributed by atoms with Crippen LogP contribution in [0.2, 0.25) is 0 Å². The molecular weight excluding hydrogens is 200 g/mol. The predicted octanol–water partition coefficient (Wildman–Crippen LogP) is -3.40. The van der Waals surface area contributed by atoms with Gasteiger partial charge in [-0.25, -0.2) is 9.59 Å². The summed E-state index contributed by atoms with van der Waals surface area (Å²) < 4.78 is 0. The number of hydrogen-bond acceptors (Lipinski definition) is 6. The molecule has 0 aromatic heterocycles. The third kappa shape index (κ3) is 2.92. The Bertz CT molecular complexity index is 202. The van der Waals surface area contributed by atoms with E-state index in [4.69, 9.17) is 30.6 Å². The highest BCUT2D eigenvalue weighted by atomic mass is 16.4. The third-order valence-corrected chi connectivity index (χ3v) is 1.50. The number of carboxylic acids is 2. The average molecular weight is 210 g/mol. The van der Waals surface area contributed by atoms with E-state index in [0.717, 1.165) is 0 Å². The van der Waals surface area contributed by atoms with Crippen LogP contribution in [0.25, 0.3) is 0 Å². The van der Waals surface area contributed by atoms with E-state index in [1.807, 2.05) is 0 Å². The van der Waals surface area contributed by atoms with Gasteiger partial charge in [-0.15, -0.1) is 0 Å². The summed E-state index contributed by atoms with van der Waals surface area (Å²) in [5.74, 6) is -3.68. The molecule has 0 aromatic rings. The highest BCUT2D eigenvalue weighted by Crippen LogP contribution is 2.05. The number of aliphatic carboxylic acids is 2. The molecule has 0 aliphatic rings. The van der Waals surface area contributed by atoms with E-state index in [1.54, 1.807) is 0 Å². The smallest absolute Gasteiger partial charge is 0.335 e.